The van der Waals surface area contributed by atoms with E-state index in [1.54, 1.807) is 12.1 Å². The van der Waals surface area contributed by atoms with E-state index < -0.39 is 5.82 Å². The van der Waals surface area contributed by atoms with Gasteiger partial charge in [0.15, 0.2) is 0 Å². The van der Waals surface area contributed by atoms with Gasteiger partial charge in [-0.25, -0.2) is 4.39 Å². The summed E-state index contributed by atoms with van der Waals surface area (Å²) in [5, 5.41) is 3.07. The predicted octanol–water partition coefficient (Wildman–Crippen LogP) is 4.78. The average Bonchev–Trinajstić information content (AvgIpc) is 2.41. The van der Waals surface area contributed by atoms with E-state index >= 15 is 0 Å². The number of nitrogens with one attached hydrogen (secondary N) is 1. The summed E-state index contributed by atoms with van der Waals surface area (Å²) in [4.78, 5) is 12.4. The highest BCUT2D eigenvalue weighted by molar-refractivity contribution is 9.10. The zero-order valence-corrected chi connectivity index (χ0v) is 14.4. The molecule has 1 saturated carbocycles. The van der Waals surface area contributed by atoms with Crippen molar-refractivity contribution in [3.05, 3.63) is 34.1 Å². The van der Waals surface area contributed by atoms with Gasteiger partial charge in [-0.15, -0.1) is 0 Å². The Morgan fingerprint density at radius 3 is 2.76 bits per heavy atom. The van der Waals surface area contributed by atoms with Crippen LogP contribution in [0.15, 0.2) is 22.7 Å². The van der Waals surface area contributed by atoms with Crippen molar-refractivity contribution in [1.29, 1.82) is 0 Å². The first kappa shape index (κ1) is 16.5. The topological polar surface area (TPSA) is 29.1 Å². The number of carbonyl (C=O) groups excluding carboxylic acids is 1. The summed E-state index contributed by atoms with van der Waals surface area (Å²) >= 11 is 3.29. The van der Waals surface area contributed by atoms with Crippen molar-refractivity contribution in [2.75, 3.05) is 0 Å². The van der Waals surface area contributed by atoms with Crippen molar-refractivity contribution in [3.8, 4) is 0 Å². The monoisotopic (exact) mass is 355 g/mol. The Kier molecular flexibility index (Phi) is 5.42. The standard InChI is InChI=1S/C17H23BrFNO/c1-10(2)13-6-4-11(3)8-16(13)20-17(21)14-9-12(18)5-7-15(14)19/h5,7,9-11,13,16H,4,6,8H2,1-3H3,(H,20,21). The SMILES string of the molecule is CC1CCC(C(C)C)C(NC(=O)c2cc(Br)ccc2F)C1. The molecule has 116 valence electrons. The predicted molar refractivity (Wildman–Crippen MR) is 86.7 cm³/mol. The summed E-state index contributed by atoms with van der Waals surface area (Å²) < 4.78 is 14.5. The molecule has 1 N–H and O–H groups in total. The summed E-state index contributed by atoms with van der Waals surface area (Å²) in [5.41, 5.74) is 0.116. The molecule has 0 bridgehead atoms. The largest absolute Gasteiger partial charge is 0.349 e. The van der Waals surface area contributed by atoms with Gasteiger partial charge in [0.05, 0.1) is 5.56 Å². The zero-order chi connectivity index (χ0) is 15.6. The van der Waals surface area contributed by atoms with Crippen LogP contribution in [0.1, 0.15) is 50.4 Å². The van der Waals surface area contributed by atoms with Crippen LogP contribution in [0.5, 0.6) is 0 Å². The fourth-order valence-corrected chi connectivity index (χ4v) is 3.65. The van der Waals surface area contributed by atoms with Crippen LogP contribution in [-0.2, 0) is 0 Å². The molecule has 2 nitrogen and oxygen atoms in total. The number of rotatable bonds is 3. The van der Waals surface area contributed by atoms with Crippen molar-refractivity contribution in [3.63, 3.8) is 0 Å². The molecule has 21 heavy (non-hydrogen) atoms. The fourth-order valence-electron chi connectivity index (χ4n) is 3.29. The van der Waals surface area contributed by atoms with Gasteiger partial charge in [-0.05, 0) is 48.8 Å². The normalized spacial score (nSPS) is 25.9. The van der Waals surface area contributed by atoms with Crippen LogP contribution >= 0.6 is 15.9 Å². The Morgan fingerprint density at radius 2 is 2.10 bits per heavy atom. The minimum atomic E-state index is -0.472. The van der Waals surface area contributed by atoms with Crippen molar-refractivity contribution < 1.29 is 9.18 Å². The van der Waals surface area contributed by atoms with E-state index in [9.17, 15) is 9.18 Å². The maximum Gasteiger partial charge on any atom is 0.254 e. The van der Waals surface area contributed by atoms with E-state index in [2.05, 4.69) is 42.0 Å². The molecular formula is C17H23BrFNO. The number of benzene rings is 1. The first-order valence-corrected chi connectivity index (χ1v) is 8.43. The molecule has 0 aromatic heterocycles. The van der Waals surface area contributed by atoms with Gasteiger partial charge < -0.3 is 5.32 Å². The van der Waals surface area contributed by atoms with E-state index in [1.165, 1.54) is 12.5 Å². The summed E-state index contributed by atoms with van der Waals surface area (Å²) in [7, 11) is 0. The first-order chi connectivity index (χ1) is 9.88. The van der Waals surface area contributed by atoms with Crippen LogP contribution in [0.25, 0.3) is 0 Å². The summed E-state index contributed by atoms with van der Waals surface area (Å²) in [6, 6.07) is 4.61. The zero-order valence-electron chi connectivity index (χ0n) is 12.8. The quantitative estimate of drug-likeness (QED) is 0.830. The lowest BCUT2D eigenvalue weighted by Gasteiger charge is -2.37. The van der Waals surface area contributed by atoms with E-state index in [4.69, 9.17) is 0 Å². The number of amides is 1. The molecule has 1 aliphatic carbocycles. The van der Waals surface area contributed by atoms with Crippen LogP contribution in [0.4, 0.5) is 4.39 Å². The molecule has 0 radical (unpaired) electrons. The van der Waals surface area contributed by atoms with Crippen molar-refractivity contribution in [1.82, 2.24) is 5.32 Å². The van der Waals surface area contributed by atoms with Crippen LogP contribution in [0.3, 0.4) is 0 Å². The Labute approximate surface area is 134 Å². The Hall–Kier alpha value is -0.900. The summed E-state index contributed by atoms with van der Waals surface area (Å²) in [5.74, 6) is 0.826. The minimum absolute atomic E-state index is 0.116. The number of hydrogen-bond acceptors (Lipinski definition) is 1. The second-order valence-corrected chi connectivity index (χ2v) is 7.45. The number of halogens is 2. The highest BCUT2D eigenvalue weighted by Gasteiger charge is 2.32. The van der Waals surface area contributed by atoms with Gasteiger partial charge in [-0.2, -0.15) is 0 Å². The highest BCUT2D eigenvalue weighted by atomic mass is 79.9. The lowest BCUT2D eigenvalue weighted by Crippen LogP contribution is -2.45. The Morgan fingerprint density at radius 1 is 1.38 bits per heavy atom. The van der Waals surface area contributed by atoms with Gasteiger partial charge in [-0.3, -0.25) is 4.79 Å². The van der Waals surface area contributed by atoms with Gasteiger partial charge in [0.2, 0.25) is 0 Å². The molecule has 1 aliphatic rings. The maximum atomic E-state index is 13.8. The first-order valence-electron chi connectivity index (χ1n) is 7.64. The molecule has 1 fully saturated rings. The van der Waals surface area contributed by atoms with Crippen LogP contribution in [-0.4, -0.2) is 11.9 Å². The molecule has 2 rings (SSSR count). The van der Waals surface area contributed by atoms with Crippen molar-refractivity contribution >= 4 is 21.8 Å². The van der Waals surface area contributed by atoms with Crippen molar-refractivity contribution in [2.24, 2.45) is 17.8 Å². The lowest BCUT2D eigenvalue weighted by atomic mass is 9.74. The molecule has 1 aromatic rings. The molecule has 4 heteroatoms. The lowest BCUT2D eigenvalue weighted by molar-refractivity contribution is 0.0864. The van der Waals surface area contributed by atoms with E-state index in [0.29, 0.717) is 22.2 Å². The molecule has 3 atom stereocenters. The van der Waals surface area contributed by atoms with Gasteiger partial charge >= 0.3 is 0 Å². The van der Waals surface area contributed by atoms with E-state index in [-0.39, 0.29) is 17.5 Å². The van der Waals surface area contributed by atoms with E-state index in [1.807, 2.05) is 0 Å². The minimum Gasteiger partial charge on any atom is -0.349 e. The Balaban J connectivity index is 2.14. The van der Waals surface area contributed by atoms with Gasteiger partial charge in [-0.1, -0.05) is 43.1 Å². The van der Waals surface area contributed by atoms with Gasteiger partial charge in [0, 0.05) is 10.5 Å². The van der Waals surface area contributed by atoms with Crippen LogP contribution < -0.4 is 5.32 Å². The molecular weight excluding hydrogens is 333 g/mol. The highest BCUT2D eigenvalue weighted by Crippen LogP contribution is 2.33. The number of hydrogen-bond donors (Lipinski definition) is 1. The molecule has 0 aliphatic heterocycles. The fraction of sp³-hybridized carbons (Fsp3) is 0.588. The number of carbonyl (C=O) groups is 1. The molecule has 1 aromatic carbocycles. The third-order valence-corrected chi connectivity index (χ3v) is 5.01. The third kappa shape index (κ3) is 4.06. The van der Waals surface area contributed by atoms with E-state index in [0.717, 1.165) is 12.8 Å². The van der Waals surface area contributed by atoms with Crippen molar-refractivity contribution in [2.45, 2.75) is 46.1 Å². The average molecular weight is 356 g/mol. The third-order valence-electron chi connectivity index (χ3n) is 4.51. The molecule has 1 amide bonds. The second-order valence-electron chi connectivity index (χ2n) is 6.53. The Bertz CT molecular complexity index is 518. The van der Waals surface area contributed by atoms with Crippen LogP contribution in [0, 0.1) is 23.6 Å². The maximum absolute atomic E-state index is 13.8. The second kappa shape index (κ2) is 6.91. The molecule has 0 saturated heterocycles. The van der Waals surface area contributed by atoms with Gasteiger partial charge in [0.1, 0.15) is 5.82 Å². The molecule has 0 heterocycles. The summed E-state index contributed by atoms with van der Waals surface area (Å²) in [6.45, 7) is 6.61. The summed E-state index contributed by atoms with van der Waals surface area (Å²) in [6.07, 6.45) is 3.31. The molecule has 3 unspecified atom stereocenters. The smallest absolute Gasteiger partial charge is 0.254 e. The molecule has 0 spiro atoms. The van der Waals surface area contributed by atoms with Crippen LogP contribution in [0.2, 0.25) is 0 Å². The van der Waals surface area contributed by atoms with Gasteiger partial charge in [0.25, 0.3) is 5.91 Å².